The first-order valence-electron chi connectivity index (χ1n) is 8.18. The van der Waals surface area contributed by atoms with Crippen molar-refractivity contribution in [2.24, 2.45) is 13.0 Å². The van der Waals surface area contributed by atoms with Crippen LogP contribution >= 0.6 is 0 Å². The molecule has 0 saturated heterocycles. The number of aromatic nitrogens is 4. The number of aromatic amines is 1. The maximum absolute atomic E-state index is 12.3. The number of nitrogens with zero attached hydrogens (tertiary/aromatic N) is 3. The summed E-state index contributed by atoms with van der Waals surface area (Å²) in [6.45, 7) is 0.175. The van der Waals surface area contributed by atoms with Gasteiger partial charge in [-0.05, 0) is 18.8 Å². The summed E-state index contributed by atoms with van der Waals surface area (Å²) in [7, 11) is 1.81. The molecule has 25 heavy (non-hydrogen) atoms. The van der Waals surface area contributed by atoms with Crippen molar-refractivity contribution in [1.82, 2.24) is 24.6 Å². The number of amides is 1. The molecule has 0 aromatic carbocycles. The van der Waals surface area contributed by atoms with Crippen LogP contribution in [0.5, 0.6) is 0 Å². The first-order valence-corrected chi connectivity index (χ1v) is 8.18. The number of carbonyl (C=O) groups is 1. The van der Waals surface area contributed by atoms with E-state index in [0.717, 1.165) is 5.56 Å². The van der Waals surface area contributed by atoms with E-state index in [2.05, 4.69) is 15.4 Å². The summed E-state index contributed by atoms with van der Waals surface area (Å²) in [6, 6.07) is 1.03. The normalized spacial score (nSPS) is 20.7. The van der Waals surface area contributed by atoms with Gasteiger partial charge in [-0.1, -0.05) is 0 Å². The monoisotopic (exact) mass is 347 g/mol. The third kappa shape index (κ3) is 4.05. The Balaban J connectivity index is 1.64. The zero-order valence-electron chi connectivity index (χ0n) is 13.9. The molecule has 1 saturated carbocycles. The first kappa shape index (κ1) is 17.2. The third-order valence-corrected chi connectivity index (χ3v) is 4.50. The van der Waals surface area contributed by atoms with Gasteiger partial charge >= 0.3 is 5.69 Å². The number of H-pyrrole nitrogens is 1. The van der Waals surface area contributed by atoms with Crippen LogP contribution in [0.3, 0.4) is 0 Å². The van der Waals surface area contributed by atoms with Crippen molar-refractivity contribution in [2.45, 2.75) is 38.0 Å². The van der Waals surface area contributed by atoms with Crippen molar-refractivity contribution >= 4 is 5.91 Å². The number of rotatable bonds is 6. The predicted octanol–water partition coefficient (Wildman–Crippen LogP) is -0.711. The van der Waals surface area contributed by atoms with E-state index < -0.39 is 11.2 Å². The summed E-state index contributed by atoms with van der Waals surface area (Å²) >= 11 is 0. The fraction of sp³-hybridized carbons (Fsp3) is 0.500. The van der Waals surface area contributed by atoms with Crippen LogP contribution in [0.15, 0.2) is 34.2 Å². The van der Waals surface area contributed by atoms with Gasteiger partial charge in [0.25, 0.3) is 5.56 Å². The Morgan fingerprint density at radius 1 is 1.48 bits per heavy atom. The van der Waals surface area contributed by atoms with E-state index in [9.17, 15) is 19.5 Å². The highest BCUT2D eigenvalue weighted by Gasteiger charge is 2.36. The molecule has 0 aliphatic heterocycles. The molecule has 134 valence electrons. The molecule has 9 heteroatoms. The molecule has 0 radical (unpaired) electrons. The van der Waals surface area contributed by atoms with E-state index in [-0.39, 0.29) is 36.9 Å². The molecule has 2 aromatic rings. The Labute approximate surface area is 143 Å². The number of aliphatic hydroxyl groups excluding tert-OH is 1. The lowest BCUT2D eigenvalue weighted by Crippen LogP contribution is -2.41. The standard InChI is InChI=1S/C16H21N5O4/c1-20-9-11(8-17-20)15(10-6-12(22)7-10)18-13(23)2-4-21-5-3-14(24)19-16(21)25/h3,5,8-10,12,15,22H,2,4,6-7H2,1H3,(H,18,23)(H,19,24,25). The number of hydrogen-bond donors (Lipinski definition) is 3. The van der Waals surface area contributed by atoms with Gasteiger partial charge in [0.2, 0.25) is 5.91 Å². The number of carbonyl (C=O) groups excluding carboxylic acids is 1. The number of hydrogen-bond acceptors (Lipinski definition) is 5. The second-order valence-corrected chi connectivity index (χ2v) is 6.43. The van der Waals surface area contributed by atoms with Gasteiger partial charge < -0.3 is 15.0 Å². The van der Waals surface area contributed by atoms with E-state index >= 15 is 0 Å². The second-order valence-electron chi connectivity index (χ2n) is 6.43. The molecule has 1 aliphatic rings. The van der Waals surface area contributed by atoms with Crippen molar-refractivity contribution in [1.29, 1.82) is 0 Å². The summed E-state index contributed by atoms with van der Waals surface area (Å²) in [5.74, 6) is -0.0349. The fourth-order valence-corrected chi connectivity index (χ4v) is 3.06. The molecule has 2 heterocycles. The molecule has 0 bridgehead atoms. The molecule has 3 N–H and O–H groups in total. The minimum Gasteiger partial charge on any atom is -0.393 e. The highest BCUT2D eigenvalue weighted by molar-refractivity contribution is 5.76. The smallest absolute Gasteiger partial charge is 0.328 e. The number of aryl methyl sites for hydroxylation is 2. The van der Waals surface area contributed by atoms with Crippen molar-refractivity contribution in [2.75, 3.05) is 0 Å². The summed E-state index contributed by atoms with van der Waals surface area (Å²) in [5, 5.41) is 16.7. The lowest BCUT2D eigenvalue weighted by molar-refractivity contribution is -0.123. The van der Waals surface area contributed by atoms with Crippen LogP contribution in [0.1, 0.15) is 30.9 Å². The maximum Gasteiger partial charge on any atom is 0.328 e. The van der Waals surface area contributed by atoms with Gasteiger partial charge in [0.15, 0.2) is 0 Å². The zero-order chi connectivity index (χ0) is 18.0. The Bertz CT molecular complexity index is 862. The molecule has 3 rings (SSSR count). The van der Waals surface area contributed by atoms with Gasteiger partial charge in [-0.2, -0.15) is 5.10 Å². The third-order valence-electron chi connectivity index (χ3n) is 4.50. The Kier molecular flexibility index (Phi) is 4.84. The largest absolute Gasteiger partial charge is 0.393 e. The van der Waals surface area contributed by atoms with Crippen molar-refractivity contribution in [3.63, 3.8) is 0 Å². The highest BCUT2D eigenvalue weighted by Crippen LogP contribution is 2.37. The van der Waals surface area contributed by atoms with E-state index in [1.807, 2.05) is 6.20 Å². The first-order chi connectivity index (χ1) is 11.9. The number of nitrogens with one attached hydrogen (secondary N) is 2. The van der Waals surface area contributed by atoms with Gasteiger partial charge in [0, 0.05) is 44.0 Å². The quantitative estimate of drug-likeness (QED) is 0.637. The van der Waals surface area contributed by atoms with Crippen LogP contribution in [0, 0.1) is 5.92 Å². The summed E-state index contributed by atoms with van der Waals surface area (Å²) in [4.78, 5) is 37.2. The van der Waals surface area contributed by atoms with Crippen LogP contribution < -0.4 is 16.6 Å². The molecule has 1 aliphatic carbocycles. The van der Waals surface area contributed by atoms with Gasteiger partial charge in [-0.3, -0.25) is 19.3 Å². The molecule has 2 aromatic heterocycles. The Hall–Kier alpha value is -2.68. The van der Waals surface area contributed by atoms with Gasteiger partial charge in [-0.25, -0.2) is 4.79 Å². The predicted molar refractivity (Wildman–Crippen MR) is 88.8 cm³/mol. The van der Waals surface area contributed by atoms with Crippen molar-refractivity contribution in [3.05, 3.63) is 51.1 Å². The Morgan fingerprint density at radius 3 is 2.84 bits per heavy atom. The van der Waals surface area contributed by atoms with Gasteiger partial charge in [0.1, 0.15) is 0 Å². The van der Waals surface area contributed by atoms with Crippen molar-refractivity contribution < 1.29 is 9.90 Å². The number of aliphatic hydroxyl groups is 1. The lowest BCUT2D eigenvalue weighted by atomic mass is 9.75. The fourth-order valence-electron chi connectivity index (χ4n) is 3.06. The average Bonchev–Trinajstić information content (AvgIpc) is 2.95. The molecule has 0 spiro atoms. The van der Waals surface area contributed by atoms with Crippen LogP contribution in [0.2, 0.25) is 0 Å². The minimum atomic E-state index is -0.536. The van der Waals surface area contributed by atoms with E-state index in [1.54, 1.807) is 17.9 Å². The summed E-state index contributed by atoms with van der Waals surface area (Å²) in [6.07, 6.45) is 6.00. The molecular weight excluding hydrogens is 326 g/mol. The zero-order valence-corrected chi connectivity index (χ0v) is 13.9. The van der Waals surface area contributed by atoms with E-state index in [0.29, 0.717) is 12.8 Å². The van der Waals surface area contributed by atoms with Crippen LogP contribution in [-0.2, 0) is 18.4 Å². The molecule has 1 amide bonds. The molecule has 1 fully saturated rings. The molecule has 1 unspecified atom stereocenters. The van der Waals surface area contributed by atoms with Crippen LogP contribution in [0.25, 0.3) is 0 Å². The second kappa shape index (κ2) is 7.06. The molecule has 9 nitrogen and oxygen atoms in total. The minimum absolute atomic E-state index is 0.109. The molecular formula is C16H21N5O4. The van der Waals surface area contributed by atoms with Gasteiger partial charge in [0.05, 0.1) is 18.3 Å². The van der Waals surface area contributed by atoms with E-state index in [1.165, 1.54) is 16.8 Å². The lowest BCUT2D eigenvalue weighted by Gasteiger charge is -2.37. The van der Waals surface area contributed by atoms with Crippen LogP contribution in [-0.4, -0.2) is 36.4 Å². The van der Waals surface area contributed by atoms with Crippen LogP contribution in [0.4, 0.5) is 0 Å². The van der Waals surface area contributed by atoms with E-state index in [4.69, 9.17) is 0 Å². The van der Waals surface area contributed by atoms with Crippen molar-refractivity contribution in [3.8, 4) is 0 Å². The topological polar surface area (TPSA) is 122 Å². The SMILES string of the molecule is Cn1cc(C(NC(=O)CCn2ccc(=O)[nH]c2=O)C2CC(O)C2)cn1. The Morgan fingerprint density at radius 2 is 2.24 bits per heavy atom. The van der Waals surface area contributed by atoms with Gasteiger partial charge in [-0.15, -0.1) is 0 Å². The maximum atomic E-state index is 12.3. The summed E-state index contributed by atoms with van der Waals surface area (Å²) in [5.41, 5.74) is -0.105. The molecule has 1 atom stereocenters. The highest BCUT2D eigenvalue weighted by atomic mass is 16.3. The average molecular weight is 347 g/mol. The summed E-state index contributed by atoms with van der Waals surface area (Å²) < 4.78 is 2.95.